The number of benzene rings is 1. The van der Waals surface area contributed by atoms with Gasteiger partial charge in [0.1, 0.15) is 12.3 Å². The zero-order chi connectivity index (χ0) is 14.8. The highest BCUT2D eigenvalue weighted by Gasteiger charge is 2.27. The van der Waals surface area contributed by atoms with E-state index in [4.69, 9.17) is 9.84 Å². The van der Waals surface area contributed by atoms with Gasteiger partial charge in [-0.1, -0.05) is 6.07 Å². The van der Waals surface area contributed by atoms with Crippen LogP contribution in [0, 0.1) is 5.92 Å². The van der Waals surface area contributed by atoms with Gasteiger partial charge < -0.3 is 15.2 Å². The van der Waals surface area contributed by atoms with Crippen molar-refractivity contribution in [3.63, 3.8) is 0 Å². The van der Waals surface area contributed by atoms with Crippen LogP contribution in [0.25, 0.3) is 0 Å². The van der Waals surface area contributed by atoms with Crippen LogP contribution in [0.1, 0.15) is 24.0 Å². The number of methoxy groups -OCH3 is 1. The largest absolute Gasteiger partial charge is 0.495 e. The van der Waals surface area contributed by atoms with Gasteiger partial charge in [-0.25, -0.2) is 0 Å². The molecule has 21 heavy (non-hydrogen) atoms. The Balaban J connectivity index is 1.80. The molecular formula is C16H22N2O3. The van der Waals surface area contributed by atoms with Crippen molar-refractivity contribution in [1.29, 1.82) is 0 Å². The van der Waals surface area contributed by atoms with Crippen molar-refractivity contribution in [1.82, 2.24) is 4.90 Å². The average molecular weight is 290 g/mol. The van der Waals surface area contributed by atoms with Crippen LogP contribution in [0.15, 0.2) is 12.1 Å². The lowest BCUT2D eigenvalue weighted by atomic mass is 9.96. The molecule has 3 rings (SSSR count). The van der Waals surface area contributed by atoms with Crippen molar-refractivity contribution in [2.45, 2.75) is 25.8 Å². The van der Waals surface area contributed by atoms with Crippen molar-refractivity contribution in [2.75, 3.05) is 32.1 Å². The molecule has 0 spiro atoms. The van der Waals surface area contributed by atoms with E-state index in [9.17, 15) is 4.79 Å². The predicted molar refractivity (Wildman–Crippen MR) is 80.8 cm³/mol. The van der Waals surface area contributed by atoms with E-state index < -0.39 is 5.97 Å². The first-order valence-electron chi connectivity index (χ1n) is 7.54. The second kappa shape index (κ2) is 5.93. The topological polar surface area (TPSA) is 61.8 Å². The Kier molecular flexibility index (Phi) is 4.01. The highest BCUT2D eigenvalue weighted by atomic mass is 16.5. The van der Waals surface area contributed by atoms with Gasteiger partial charge in [-0.3, -0.25) is 9.69 Å². The van der Waals surface area contributed by atoms with Crippen molar-refractivity contribution in [3.8, 4) is 5.75 Å². The maximum absolute atomic E-state index is 10.8. The lowest BCUT2D eigenvalue weighted by Crippen LogP contribution is -2.32. The number of rotatable bonds is 6. The molecule has 1 aromatic carbocycles. The van der Waals surface area contributed by atoms with Crippen LogP contribution in [-0.2, 0) is 17.8 Å². The fourth-order valence-electron chi connectivity index (χ4n) is 3.04. The maximum Gasteiger partial charge on any atom is 0.322 e. The van der Waals surface area contributed by atoms with Gasteiger partial charge in [0, 0.05) is 19.6 Å². The van der Waals surface area contributed by atoms with E-state index >= 15 is 0 Å². The maximum atomic E-state index is 10.8. The number of anilines is 1. The number of aliphatic carboxylic acids is 1. The number of hydrogen-bond acceptors (Lipinski definition) is 4. The van der Waals surface area contributed by atoms with Gasteiger partial charge in [0.05, 0.1) is 12.8 Å². The van der Waals surface area contributed by atoms with Crippen LogP contribution >= 0.6 is 0 Å². The quantitative estimate of drug-likeness (QED) is 0.838. The van der Waals surface area contributed by atoms with Crippen molar-refractivity contribution < 1.29 is 14.6 Å². The van der Waals surface area contributed by atoms with Crippen LogP contribution in [-0.4, -0.2) is 42.7 Å². The number of nitrogens with zero attached hydrogens (tertiary/aromatic N) is 1. The number of nitrogens with one attached hydrogen (secondary N) is 1. The molecule has 5 heteroatoms. The Hall–Kier alpha value is -1.75. The lowest BCUT2D eigenvalue weighted by Gasteiger charge is -2.30. The van der Waals surface area contributed by atoms with E-state index in [1.54, 1.807) is 7.11 Å². The van der Waals surface area contributed by atoms with E-state index in [-0.39, 0.29) is 6.54 Å². The van der Waals surface area contributed by atoms with Gasteiger partial charge in [0.2, 0.25) is 0 Å². The minimum absolute atomic E-state index is 0.0847. The van der Waals surface area contributed by atoms with Crippen LogP contribution in [0.5, 0.6) is 5.75 Å². The van der Waals surface area contributed by atoms with Gasteiger partial charge >= 0.3 is 5.97 Å². The van der Waals surface area contributed by atoms with Gasteiger partial charge in [0.15, 0.2) is 0 Å². The lowest BCUT2D eigenvalue weighted by molar-refractivity contribution is -0.134. The number of fused-ring (bicyclic) bond motifs is 1. The number of ether oxygens (including phenoxy) is 1. The molecule has 5 nitrogen and oxygen atoms in total. The van der Waals surface area contributed by atoms with E-state index in [1.807, 2.05) is 6.07 Å². The third kappa shape index (κ3) is 3.29. The van der Waals surface area contributed by atoms with Crippen LogP contribution in [0.2, 0.25) is 0 Å². The van der Waals surface area contributed by atoms with Gasteiger partial charge in [0.25, 0.3) is 0 Å². The summed E-state index contributed by atoms with van der Waals surface area (Å²) in [6, 6.07) is 4.04. The molecule has 1 aliphatic heterocycles. The first kappa shape index (κ1) is 14.2. The van der Waals surface area contributed by atoms with Crippen molar-refractivity contribution in [2.24, 2.45) is 5.92 Å². The average Bonchev–Trinajstić information content (AvgIpc) is 3.28. The summed E-state index contributed by atoms with van der Waals surface area (Å²) >= 11 is 0. The molecule has 1 fully saturated rings. The number of carbonyl (C=O) groups is 1. The van der Waals surface area contributed by atoms with Crippen LogP contribution in [0.3, 0.4) is 0 Å². The summed E-state index contributed by atoms with van der Waals surface area (Å²) in [6.07, 6.45) is 3.69. The Labute approximate surface area is 124 Å². The molecule has 0 amide bonds. The molecule has 0 bridgehead atoms. The minimum Gasteiger partial charge on any atom is -0.495 e. The molecule has 0 atom stereocenters. The third-order valence-corrected chi connectivity index (χ3v) is 4.29. The van der Waals surface area contributed by atoms with Crippen molar-refractivity contribution >= 4 is 11.7 Å². The standard InChI is InChI=1S/C16H22N2O3/c1-21-14-5-4-12-10-18(9-11-2-3-11)7-6-13(12)16(14)17-8-15(19)20/h4-5,11,17H,2-3,6-10H2,1H3,(H,19,20). The molecule has 0 unspecified atom stereocenters. The number of carboxylic acid groups (broad SMARTS) is 1. The van der Waals surface area contributed by atoms with Crippen molar-refractivity contribution in [3.05, 3.63) is 23.3 Å². The Bertz CT molecular complexity index is 541. The molecule has 1 aromatic rings. The summed E-state index contributed by atoms with van der Waals surface area (Å²) < 4.78 is 5.38. The zero-order valence-corrected chi connectivity index (χ0v) is 12.4. The molecule has 2 aliphatic rings. The minimum atomic E-state index is -0.860. The fraction of sp³-hybridized carbons (Fsp3) is 0.562. The fourth-order valence-corrected chi connectivity index (χ4v) is 3.04. The van der Waals surface area contributed by atoms with Crippen LogP contribution in [0.4, 0.5) is 5.69 Å². The summed E-state index contributed by atoms with van der Waals surface area (Å²) in [4.78, 5) is 13.3. The zero-order valence-electron chi connectivity index (χ0n) is 12.4. The Morgan fingerprint density at radius 1 is 1.48 bits per heavy atom. The third-order valence-electron chi connectivity index (χ3n) is 4.29. The highest BCUT2D eigenvalue weighted by Crippen LogP contribution is 2.36. The second-order valence-electron chi connectivity index (χ2n) is 5.96. The summed E-state index contributed by atoms with van der Waals surface area (Å²) in [6.45, 7) is 3.11. The molecule has 1 heterocycles. The Morgan fingerprint density at radius 3 is 2.95 bits per heavy atom. The highest BCUT2D eigenvalue weighted by molar-refractivity contribution is 5.75. The van der Waals surface area contributed by atoms with E-state index in [2.05, 4.69) is 16.3 Å². The molecule has 2 N–H and O–H groups in total. The summed E-state index contributed by atoms with van der Waals surface area (Å²) in [5.41, 5.74) is 3.35. The van der Waals surface area contributed by atoms with E-state index in [0.29, 0.717) is 0 Å². The number of carboxylic acids is 1. The molecular weight excluding hydrogens is 268 g/mol. The Morgan fingerprint density at radius 2 is 2.29 bits per heavy atom. The smallest absolute Gasteiger partial charge is 0.322 e. The predicted octanol–water partition coefficient (Wildman–Crippen LogP) is 1.96. The molecule has 1 saturated carbocycles. The molecule has 0 aromatic heterocycles. The SMILES string of the molecule is COc1ccc2c(c1NCC(=O)O)CCN(CC1CC1)C2. The second-order valence-corrected chi connectivity index (χ2v) is 5.96. The van der Waals surface area contributed by atoms with Crippen LogP contribution < -0.4 is 10.1 Å². The first-order chi connectivity index (χ1) is 10.2. The monoisotopic (exact) mass is 290 g/mol. The molecule has 0 saturated heterocycles. The summed E-state index contributed by atoms with van der Waals surface area (Å²) in [5, 5.41) is 11.9. The molecule has 1 aliphatic carbocycles. The van der Waals surface area contributed by atoms with E-state index in [1.165, 1.54) is 30.5 Å². The van der Waals surface area contributed by atoms with Gasteiger partial charge in [-0.15, -0.1) is 0 Å². The molecule has 0 radical (unpaired) electrons. The van der Waals surface area contributed by atoms with Gasteiger partial charge in [-0.2, -0.15) is 0 Å². The molecule has 114 valence electrons. The summed E-state index contributed by atoms with van der Waals surface area (Å²) in [5.74, 6) is 0.765. The normalized spacial score (nSPS) is 18.1. The van der Waals surface area contributed by atoms with E-state index in [0.717, 1.165) is 36.9 Å². The number of hydrogen-bond donors (Lipinski definition) is 2. The summed E-state index contributed by atoms with van der Waals surface area (Å²) in [7, 11) is 1.62. The first-order valence-corrected chi connectivity index (χ1v) is 7.54. The van der Waals surface area contributed by atoms with Gasteiger partial charge in [-0.05, 0) is 42.4 Å².